The zero-order chi connectivity index (χ0) is 18.7. The molecule has 0 aromatic carbocycles. The number of anilines is 1. The van der Waals surface area contributed by atoms with Gasteiger partial charge in [-0.25, -0.2) is 14.8 Å². The van der Waals surface area contributed by atoms with E-state index in [1.165, 1.54) is 25.7 Å². The Kier molecular flexibility index (Phi) is 5.36. The molecule has 1 atom stereocenters. The molecule has 0 bridgehead atoms. The highest BCUT2D eigenvalue weighted by Gasteiger charge is 2.43. The molecule has 1 aliphatic carbocycles. The second kappa shape index (κ2) is 7.90. The highest BCUT2D eigenvalue weighted by atomic mass is 16.5. The first-order valence-electron chi connectivity index (χ1n) is 10.3. The molecule has 3 heterocycles. The van der Waals surface area contributed by atoms with Gasteiger partial charge in [0.25, 0.3) is 0 Å². The molecule has 1 spiro atoms. The van der Waals surface area contributed by atoms with Crippen LogP contribution >= 0.6 is 0 Å². The number of nitrogens with one attached hydrogen (secondary N) is 1. The van der Waals surface area contributed by atoms with Crippen molar-refractivity contribution in [3.05, 3.63) is 12.4 Å². The van der Waals surface area contributed by atoms with Crippen LogP contribution in [0.2, 0.25) is 0 Å². The number of ether oxygens (including phenoxy) is 1. The number of nitrogens with zero attached hydrogens (tertiary/aromatic N) is 4. The van der Waals surface area contributed by atoms with E-state index in [0.717, 1.165) is 57.7 Å². The average molecular weight is 374 g/mol. The van der Waals surface area contributed by atoms with Crippen LogP contribution in [0.5, 0.6) is 5.88 Å². The summed E-state index contributed by atoms with van der Waals surface area (Å²) in [6.07, 6.45) is 11.0. The number of urea groups is 1. The van der Waals surface area contributed by atoms with Gasteiger partial charge in [0, 0.05) is 43.7 Å². The van der Waals surface area contributed by atoms with Crippen molar-refractivity contribution in [3.8, 4) is 5.88 Å². The lowest BCUT2D eigenvalue weighted by Gasteiger charge is -2.41. The number of hydrogen-bond donors (Lipinski definition) is 1. The van der Waals surface area contributed by atoms with E-state index in [0.29, 0.717) is 11.9 Å². The van der Waals surface area contributed by atoms with Gasteiger partial charge in [0.2, 0.25) is 5.88 Å². The minimum Gasteiger partial charge on any atom is -0.481 e. The van der Waals surface area contributed by atoms with Crippen molar-refractivity contribution in [1.29, 1.82) is 0 Å². The smallest absolute Gasteiger partial charge is 0.317 e. The lowest BCUT2D eigenvalue weighted by molar-refractivity contribution is 0.185. The Morgan fingerprint density at radius 3 is 2.81 bits per heavy atom. The van der Waals surface area contributed by atoms with Crippen molar-refractivity contribution in [2.45, 2.75) is 57.4 Å². The van der Waals surface area contributed by atoms with Crippen LogP contribution in [0.25, 0.3) is 0 Å². The maximum atomic E-state index is 12.7. The largest absolute Gasteiger partial charge is 0.481 e. The van der Waals surface area contributed by atoms with Crippen molar-refractivity contribution in [3.63, 3.8) is 0 Å². The van der Waals surface area contributed by atoms with E-state index in [1.54, 1.807) is 13.4 Å². The van der Waals surface area contributed by atoms with Crippen LogP contribution in [0, 0.1) is 5.41 Å². The van der Waals surface area contributed by atoms with E-state index in [-0.39, 0.29) is 11.4 Å². The molecule has 2 saturated heterocycles. The number of carbonyl (C=O) groups excluding carboxylic acids is 1. The van der Waals surface area contributed by atoms with Gasteiger partial charge in [0.1, 0.15) is 12.1 Å². The summed E-state index contributed by atoms with van der Waals surface area (Å²) < 4.78 is 5.24. The summed E-state index contributed by atoms with van der Waals surface area (Å²) in [7, 11) is 1.63. The summed E-state index contributed by atoms with van der Waals surface area (Å²) in [5, 5.41) is 3.28. The molecule has 3 fully saturated rings. The summed E-state index contributed by atoms with van der Waals surface area (Å²) in [5.74, 6) is 1.52. The minimum absolute atomic E-state index is 0.139. The van der Waals surface area contributed by atoms with Gasteiger partial charge in [0.15, 0.2) is 0 Å². The van der Waals surface area contributed by atoms with Gasteiger partial charge in [-0.3, -0.25) is 0 Å². The number of piperidine rings is 1. The van der Waals surface area contributed by atoms with Gasteiger partial charge in [0.05, 0.1) is 7.11 Å². The fourth-order valence-corrected chi connectivity index (χ4v) is 4.97. The van der Waals surface area contributed by atoms with E-state index in [1.807, 2.05) is 11.0 Å². The molecule has 7 heteroatoms. The first-order chi connectivity index (χ1) is 13.2. The molecule has 2 amide bonds. The standard InChI is InChI=1S/C20H31N5O2/c1-27-18-12-17(21-15-22-18)24-10-5-8-20(13-24)9-11-25(14-20)19(26)23-16-6-3-2-4-7-16/h12,15-16H,2-11,13-14H2,1H3,(H,23,26). The molecule has 2 aliphatic heterocycles. The van der Waals surface area contributed by atoms with E-state index < -0.39 is 0 Å². The van der Waals surface area contributed by atoms with Crippen molar-refractivity contribution in [2.75, 3.05) is 38.2 Å². The molecule has 3 aliphatic rings. The van der Waals surface area contributed by atoms with Gasteiger partial charge >= 0.3 is 6.03 Å². The van der Waals surface area contributed by atoms with Crippen molar-refractivity contribution in [1.82, 2.24) is 20.2 Å². The SMILES string of the molecule is COc1cc(N2CCCC3(CCN(C(=O)NC4CCCCC4)C3)C2)ncn1. The highest BCUT2D eigenvalue weighted by molar-refractivity contribution is 5.75. The first kappa shape index (κ1) is 18.3. The molecule has 1 N–H and O–H groups in total. The lowest BCUT2D eigenvalue weighted by Crippen LogP contribution is -2.48. The molecular formula is C20H31N5O2. The molecule has 0 radical (unpaired) electrons. The third-order valence-corrected chi connectivity index (χ3v) is 6.48. The summed E-state index contributed by atoms with van der Waals surface area (Å²) >= 11 is 0. The van der Waals surface area contributed by atoms with Crippen LogP contribution in [-0.4, -0.2) is 60.2 Å². The van der Waals surface area contributed by atoms with Crippen molar-refractivity contribution in [2.24, 2.45) is 5.41 Å². The third kappa shape index (κ3) is 4.12. The lowest BCUT2D eigenvalue weighted by atomic mass is 9.79. The zero-order valence-electron chi connectivity index (χ0n) is 16.3. The minimum atomic E-state index is 0.139. The zero-order valence-corrected chi connectivity index (χ0v) is 16.3. The molecule has 1 aromatic heterocycles. The maximum absolute atomic E-state index is 12.7. The van der Waals surface area contributed by atoms with Gasteiger partial charge in [-0.2, -0.15) is 0 Å². The molecule has 1 saturated carbocycles. The Hall–Kier alpha value is -2.05. The second-order valence-electron chi connectivity index (χ2n) is 8.40. The summed E-state index contributed by atoms with van der Waals surface area (Å²) in [6.45, 7) is 3.65. The average Bonchev–Trinajstić information content (AvgIpc) is 3.12. The Morgan fingerprint density at radius 1 is 1.15 bits per heavy atom. The van der Waals surface area contributed by atoms with Crippen LogP contribution in [0.3, 0.4) is 0 Å². The molecule has 27 heavy (non-hydrogen) atoms. The van der Waals surface area contributed by atoms with Gasteiger partial charge in [-0.1, -0.05) is 19.3 Å². The molecule has 4 rings (SSSR count). The second-order valence-corrected chi connectivity index (χ2v) is 8.40. The van der Waals surface area contributed by atoms with Gasteiger partial charge in [-0.05, 0) is 32.1 Å². The maximum Gasteiger partial charge on any atom is 0.317 e. The van der Waals surface area contributed by atoms with Crippen LogP contribution in [-0.2, 0) is 0 Å². The predicted octanol–water partition coefficient (Wildman–Crippen LogP) is 2.82. The Bertz CT molecular complexity index is 664. The molecule has 148 valence electrons. The quantitative estimate of drug-likeness (QED) is 0.882. The van der Waals surface area contributed by atoms with Gasteiger partial charge < -0.3 is 19.9 Å². The number of hydrogen-bond acceptors (Lipinski definition) is 5. The van der Waals surface area contributed by atoms with E-state index >= 15 is 0 Å². The topological polar surface area (TPSA) is 70.6 Å². The molecule has 7 nitrogen and oxygen atoms in total. The Balaban J connectivity index is 1.37. The fourth-order valence-electron chi connectivity index (χ4n) is 4.97. The summed E-state index contributed by atoms with van der Waals surface area (Å²) in [4.78, 5) is 25.7. The van der Waals surface area contributed by atoms with Crippen LogP contribution < -0.4 is 15.0 Å². The van der Waals surface area contributed by atoms with Crippen LogP contribution in [0.15, 0.2) is 12.4 Å². The van der Waals surface area contributed by atoms with E-state index in [4.69, 9.17) is 4.74 Å². The Morgan fingerprint density at radius 2 is 2.00 bits per heavy atom. The third-order valence-electron chi connectivity index (χ3n) is 6.48. The molecule has 1 unspecified atom stereocenters. The molecule has 1 aromatic rings. The van der Waals surface area contributed by atoms with Crippen molar-refractivity contribution < 1.29 is 9.53 Å². The van der Waals surface area contributed by atoms with Crippen molar-refractivity contribution >= 4 is 11.8 Å². The monoisotopic (exact) mass is 373 g/mol. The number of methoxy groups -OCH3 is 1. The normalized spacial score (nSPS) is 26.4. The molecular weight excluding hydrogens is 342 g/mol. The summed E-state index contributed by atoms with van der Waals surface area (Å²) in [6, 6.07) is 2.42. The summed E-state index contributed by atoms with van der Waals surface area (Å²) in [5.41, 5.74) is 0.181. The van der Waals surface area contributed by atoms with Crippen LogP contribution in [0.1, 0.15) is 51.4 Å². The fraction of sp³-hybridized carbons (Fsp3) is 0.750. The van der Waals surface area contributed by atoms with E-state index in [9.17, 15) is 4.79 Å². The van der Waals surface area contributed by atoms with E-state index in [2.05, 4.69) is 20.2 Å². The van der Waals surface area contributed by atoms with Gasteiger partial charge in [-0.15, -0.1) is 0 Å². The number of carbonyl (C=O) groups is 1. The number of likely N-dealkylation sites (tertiary alicyclic amines) is 1. The number of rotatable bonds is 3. The predicted molar refractivity (Wildman–Crippen MR) is 104 cm³/mol. The number of amides is 2. The first-order valence-corrected chi connectivity index (χ1v) is 10.3. The van der Waals surface area contributed by atoms with Crippen LogP contribution in [0.4, 0.5) is 10.6 Å². The number of aromatic nitrogens is 2. The highest BCUT2D eigenvalue weighted by Crippen LogP contribution is 2.40. The Labute approximate surface area is 161 Å².